The predicted octanol–water partition coefficient (Wildman–Crippen LogP) is 6.03. The zero-order valence-corrected chi connectivity index (χ0v) is 23.1. The minimum Gasteiger partial charge on any atom is -0.347 e. The minimum absolute atomic E-state index is 0.101. The van der Waals surface area contributed by atoms with Crippen molar-refractivity contribution in [3.05, 3.63) is 88.4 Å². The van der Waals surface area contributed by atoms with Gasteiger partial charge in [-0.05, 0) is 70.2 Å². The van der Waals surface area contributed by atoms with Crippen molar-refractivity contribution in [3.8, 4) is 0 Å². The summed E-state index contributed by atoms with van der Waals surface area (Å²) in [6.45, 7) is 6.19. The number of rotatable bonds is 7. The van der Waals surface area contributed by atoms with Gasteiger partial charge in [-0.2, -0.15) is 13.2 Å². The van der Waals surface area contributed by atoms with Gasteiger partial charge in [0.1, 0.15) is 6.54 Å². The molecule has 0 aromatic heterocycles. The number of nitrogens with zero attached hydrogens (tertiary/aromatic N) is 1. The van der Waals surface area contributed by atoms with Gasteiger partial charge in [0.15, 0.2) is 0 Å². The highest BCUT2D eigenvalue weighted by atomic mass is 35.5. The smallest absolute Gasteiger partial charge is 0.347 e. The molecule has 0 saturated heterocycles. The number of alkyl halides is 3. The monoisotopic (exact) mass is 581 g/mol. The highest BCUT2D eigenvalue weighted by Gasteiger charge is 2.35. The number of aryl methyl sites for hydroxylation is 1. The summed E-state index contributed by atoms with van der Waals surface area (Å²) in [5.74, 6) is -1.36. The Labute approximate surface area is 230 Å². The molecular weight excluding hydrogens is 555 g/mol. The first-order chi connectivity index (χ1) is 18.0. The number of sulfonamides is 1. The van der Waals surface area contributed by atoms with Crippen LogP contribution in [0.3, 0.4) is 0 Å². The molecule has 0 bridgehead atoms. The number of carbonyl (C=O) groups is 2. The fourth-order valence-electron chi connectivity index (χ4n) is 3.56. The topological polar surface area (TPSA) is 95.6 Å². The molecule has 208 valence electrons. The number of anilines is 2. The van der Waals surface area contributed by atoms with E-state index in [0.29, 0.717) is 10.4 Å². The van der Waals surface area contributed by atoms with Gasteiger partial charge in [-0.3, -0.25) is 13.9 Å². The van der Waals surface area contributed by atoms with Gasteiger partial charge in [-0.15, -0.1) is 0 Å². The third-order valence-electron chi connectivity index (χ3n) is 5.37. The minimum atomic E-state index is -4.87. The number of hydrogen-bond acceptors (Lipinski definition) is 4. The van der Waals surface area contributed by atoms with Crippen LogP contribution in [0.5, 0.6) is 0 Å². The second-order valence-electron chi connectivity index (χ2n) is 9.78. The van der Waals surface area contributed by atoms with Crippen molar-refractivity contribution in [3.63, 3.8) is 0 Å². The van der Waals surface area contributed by atoms with Crippen molar-refractivity contribution in [2.45, 2.75) is 44.3 Å². The van der Waals surface area contributed by atoms with E-state index in [1.807, 2.05) is 0 Å². The van der Waals surface area contributed by atoms with Gasteiger partial charge < -0.3 is 10.6 Å². The molecule has 3 aromatic rings. The lowest BCUT2D eigenvalue weighted by molar-refractivity contribution is -0.137. The number of hydrogen-bond donors (Lipinski definition) is 2. The molecule has 3 rings (SSSR count). The van der Waals surface area contributed by atoms with E-state index in [4.69, 9.17) is 11.6 Å². The molecule has 0 saturated carbocycles. The van der Waals surface area contributed by atoms with Gasteiger partial charge >= 0.3 is 6.18 Å². The lowest BCUT2D eigenvalue weighted by atomic mass is 10.1. The Morgan fingerprint density at radius 3 is 2.15 bits per heavy atom. The van der Waals surface area contributed by atoms with Gasteiger partial charge in [0, 0.05) is 5.54 Å². The normalized spacial score (nSPS) is 12.1. The Bertz CT molecular complexity index is 1490. The Hall–Kier alpha value is -3.57. The fourth-order valence-corrected chi connectivity index (χ4v) is 5.19. The number of para-hydroxylation sites is 1. The van der Waals surface area contributed by atoms with Crippen molar-refractivity contribution in [2.24, 2.45) is 0 Å². The molecule has 12 heteroatoms. The van der Waals surface area contributed by atoms with E-state index in [2.05, 4.69) is 10.6 Å². The van der Waals surface area contributed by atoms with Crippen LogP contribution in [0.2, 0.25) is 5.02 Å². The standard InChI is InChI=1S/C27H27ClF3N3O4S/c1-17-9-12-19(13-10-17)39(37,38)34(18-11-14-22(28)21(15-18)27(29,30)31)16-24(35)32-23-8-6-5-7-20(23)25(36)33-26(2,3)4/h5-15H,16H2,1-4H3,(H,32,35)(H,33,36). The van der Waals surface area contributed by atoms with Crippen molar-refractivity contribution in [2.75, 3.05) is 16.2 Å². The summed E-state index contributed by atoms with van der Waals surface area (Å²) in [6.07, 6.45) is -4.87. The average Bonchev–Trinajstić information content (AvgIpc) is 2.82. The number of amides is 2. The van der Waals surface area contributed by atoms with Crippen molar-refractivity contribution in [1.82, 2.24) is 5.32 Å². The summed E-state index contributed by atoms with van der Waals surface area (Å²) in [5.41, 5.74) is -1.26. The highest BCUT2D eigenvalue weighted by Crippen LogP contribution is 2.38. The van der Waals surface area contributed by atoms with E-state index in [9.17, 15) is 31.2 Å². The summed E-state index contributed by atoms with van der Waals surface area (Å²) in [7, 11) is -4.50. The van der Waals surface area contributed by atoms with E-state index >= 15 is 0 Å². The van der Waals surface area contributed by atoms with Crippen LogP contribution in [-0.4, -0.2) is 32.3 Å². The Balaban J connectivity index is 2.03. The molecule has 0 atom stereocenters. The molecule has 0 radical (unpaired) electrons. The van der Waals surface area contributed by atoms with Crippen molar-refractivity contribution >= 4 is 44.8 Å². The molecule has 0 fully saturated rings. The van der Waals surface area contributed by atoms with E-state index in [0.717, 1.165) is 17.7 Å². The first-order valence-corrected chi connectivity index (χ1v) is 13.5. The average molecular weight is 582 g/mol. The maximum Gasteiger partial charge on any atom is 0.417 e. The molecule has 7 nitrogen and oxygen atoms in total. The van der Waals surface area contributed by atoms with E-state index < -0.39 is 56.4 Å². The molecule has 0 aliphatic heterocycles. The highest BCUT2D eigenvalue weighted by molar-refractivity contribution is 7.92. The zero-order valence-electron chi connectivity index (χ0n) is 21.6. The summed E-state index contributed by atoms with van der Waals surface area (Å²) >= 11 is 5.73. The maximum atomic E-state index is 13.6. The number of benzene rings is 3. The Morgan fingerprint density at radius 1 is 0.949 bits per heavy atom. The molecule has 2 N–H and O–H groups in total. The Kier molecular flexibility index (Phi) is 8.66. The van der Waals surface area contributed by atoms with Crippen LogP contribution >= 0.6 is 11.6 Å². The van der Waals surface area contributed by atoms with E-state index in [1.54, 1.807) is 39.8 Å². The van der Waals surface area contributed by atoms with Gasteiger partial charge in [0.2, 0.25) is 5.91 Å². The van der Waals surface area contributed by atoms with Crippen LogP contribution in [-0.2, 0) is 21.0 Å². The molecule has 0 unspecified atom stereocenters. The van der Waals surface area contributed by atoms with E-state index in [-0.39, 0.29) is 16.1 Å². The fraction of sp³-hybridized carbons (Fsp3) is 0.259. The maximum absolute atomic E-state index is 13.6. The molecule has 0 aliphatic carbocycles. The first-order valence-electron chi connectivity index (χ1n) is 11.7. The third-order valence-corrected chi connectivity index (χ3v) is 7.49. The van der Waals surface area contributed by atoms with Crippen LogP contribution < -0.4 is 14.9 Å². The van der Waals surface area contributed by atoms with E-state index in [1.165, 1.54) is 36.4 Å². The van der Waals surface area contributed by atoms with Gasteiger partial charge in [-0.1, -0.05) is 41.4 Å². The summed E-state index contributed by atoms with van der Waals surface area (Å²) in [4.78, 5) is 25.7. The van der Waals surface area contributed by atoms with Crippen molar-refractivity contribution in [1.29, 1.82) is 0 Å². The van der Waals surface area contributed by atoms with Crippen LogP contribution in [0.25, 0.3) is 0 Å². The SMILES string of the molecule is Cc1ccc(S(=O)(=O)N(CC(=O)Nc2ccccc2C(=O)NC(C)(C)C)c2ccc(Cl)c(C(F)(F)F)c2)cc1. The van der Waals surface area contributed by atoms with Gasteiger partial charge in [0.05, 0.1) is 32.4 Å². The third kappa shape index (κ3) is 7.51. The Morgan fingerprint density at radius 2 is 1.56 bits per heavy atom. The number of halogens is 4. The lowest BCUT2D eigenvalue weighted by Crippen LogP contribution is -2.41. The molecule has 0 heterocycles. The van der Waals surface area contributed by atoms with Crippen LogP contribution in [0, 0.1) is 6.92 Å². The number of nitrogens with one attached hydrogen (secondary N) is 2. The predicted molar refractivity (Wildman–Crippen MR) is 144 cm³/mol. The quantitative estimate of drug-likeness (QED) is 0.356. The molecule has 0 spiro atoms. The zero-order chi connectivity index (χ0) is 29.2. The summed E-state index contributed by atoms with van der Waals surface area (Å²) in [5, 5.41) is 4.67. The molecule has 39 heavy (non-hydrogen) atoms. The largest absolute Gasteiger partial charge is 0.417 e. The summed E-state index contributed by atoms with van der Waals surface area (Å²) < 4.78 is 68.4. The second kappa shape index (κ2) is 11.3. The van der Waals surface area contributed by atoms with Crippen LogP contribution in [0.4, 0.5) is 24.5 Å². The molecule has 3 aromatic carbocycles. The first kappa shape index (κ1) is 30.0. The molecule has 2 amide bonds. The van der Waals surface area contributed by atoms with Crippen molar-refractivity contribution < 1.29 is 31.2 Å². The van der Waals surface area contributed by atoms with Crippen LogP contribution in [0.1, 0.15) is 42.3 Å². The molecule has 0 aliphatic rings. The lowest BCUT2D eigenvalue weighted by Gasteiger charge is -2.25. The second-order valence-corrected chi connectivity index (χ2v) is 12.1. The van der Waals surface area contributed by atoms with Gasteiger partial charge in [-0.25, -0.2) is 8.42 Å². The number of carbonyl (C=O) groups excluding carboxylic acids is 2. The van der Waals surface area contributed by atoms with Crippen LogP contribution in [0.15, 0.2) is 71.6 Å². The van der Waals surface area contributed by atoms with Gasteiger partial charge in [0.25, 0.3) is 15.9 Å². The molecular formula is C27H27ClF3N3O4S. The summed E-state index contributed by atoms with van der Waals surface area (Å²) in [6, 6.07) is 14.3.